The molecule has 0 spiro atoms. The van der Waals surface area contributed by atoms with Crippen molar-refractivity contribution >= 4 is 44.3 Å². The van der Waals surface area contributed by atoms with E-state index < -0.39 is 15.6 Å². The number of anilines is 1. The van der Waals surface area contributed by atoms with Gasteiger partial charge in [-0.1, -0.05) is 12.1 Å². The zero-order chi connectivity index (χ0) is 23.0. The molecule has 2 aliphatic rings. The van der Waals surface area contributed by atoms with Crippen LogP contribution < -0.4 is 10.5 Å². The molecule has 10 heteroatoms. The lowest BCUT2D eigenvalue weighted by atomic mass is 10.1. The minimum absolute atomic E-state index is 0.0878. The van der Waals surface area contributed by atoms with Crippen LogP contribution in [0.5, 0.6) is 0 Å². The fourth-order valence-corrected chi connectivity index (χ4v) is 6.62. The Morgan fingerprint density at radius 3 is 2.64 bits per heavy atom. The second-order valence-electron chi connectivity index (χ2n) is 7.90. The molecule has 8 nitrogen and oxygen atoms in total. The number of fused-ring (bicyclic) bond motifs is 2. The third-order valence-corrected chi connectivity index (χ3v) is 8.88. The van der Waals surface area contributed by atoms with Gasteiger partial charge in [0.15, 0.2) is 0 Å². The number of nitrogens with one attached hydrogen (secondary N) is 1. The molecule has 5 rings (SSSR count). The highest BCUT2D eigenvalue weighted by Crippen LogP contribution is 2.35. The molecule has 1 amide bonds. The summed E-state index contributed by atoms with van der Waals surface area (Å²) in [5.41, 5.74) is 1.00. The van der Waals surface area contributed by atoms with E-state index in [0.717, 1.165) is 22.8 Å². The molecule has 0 radical (unpaired) electrons. The van der Waals surface area contributed by atoms with Crippen LogP contribution in [0.1, 0.15) is 16.8 Å². The Bertz CT molecular complexity index is 1380. The number of thioether (sulfide) groups is 1. The van der Waals surface area contributed by atoms with Crippen molar-refractivity contribution in [3.05, 3.63) is 64.4 Å². The predicted molar refractivity (Wildman–Crippen MR) is 128 cm³/mol. The quantitative estimate of drug-likeness (QED) is 0.612. The van der Waals surface area contributed by atoms with Gasteiger partial charge in [0.05, 0.1) is 29.4 Å². The number of H-pyrrole nitrogens is 1. The average molecular weight is 486 g/mol. The van der Waals surface area contributed by atoms with Crippen molar-refractivity contribution < 1.29 is 17.9 Å². The minimum atomic E-state index is -3.75. The van der Waals surface area contributed by atoms with Crippen LogP contribution >= 0.6 is 11.8 Å². The third kappa shape index (κ3) is 4.19. The van der Waals surface area contributed by atoms with Crippen molar-refractivity contribution in [3.63, 3.8) is 0 Å². The molecule has 0 aliphatic carbocycles. The van der Waals surface area contributed by atoms with Crippen LogP contribution in [0.3, 0.4) is 0 Å². The smallest absolute Gasteiger partial charge is 0.259 e. The number of aromatic nitrogens is 1. The maximum atomic E-state index is 13.7. The number of benzene rings is 2. The summed E-state index contributed by atoms with van der Waals surface area (Å²) in [7, 11) is -3.75. The van der Waals surface area contributed by atoms with Gasteiger partial charge in [0.2, 0.25) is 15.6 Å². The molecule has 0 saturated carbocycles. The fourth-order valence-electron chi connectivity index (χ4n) is 4.19. The van der Waals surface area contributed by atoms with Crippen molar-refractivity contribution in [1.29, 1.82) is 0 Å². The molecular weight excluding hydrogens is 462 g/mol. The van der Waals surface area contributed by atoms with Crippen LogP contribution in [0.15, 0.2) is 63.1 Å². The van der Waals surface area contributed by atoms with Gasteiger partial charge in [-0.3, -0.25) is 9.59 Å². The molecule has 0 bridgehead atoms. The number of nitrogens with zero attached hydrogens (tertiary/aromatic N) is 2. The van der Waals surface area contributed by atoms with E-state index in [1.54, 1.807) is 22.7 Å². The zero-order valence-electron chi connectivity index (χ0n) is 17.8. The number of ether oxygens (including phenoxy) is 1. The van der Waals surface area contributed by atoms with E-state index in [-0.39, 0.29) is 29.5 Å². The molecule has 172 valence electrons. The van der Waals surface area contributed by atoms with Gasteiger partial charge in [-0.05, 0) is 42.5 Å². The van der Waals surface area contributed by atoms with Gasteiger partial charge < -0.3 is 14.6 Å². The Hall–Kier alpha value is -2.66. The summed E-state index contributed by atoms with van der Waals surface area (Å²) in [5, 5.41) is 0.406. The van der Waals surface area contributed by atoms with Crippen LogP contribution in [0.4, 0.5) is 5.69 Å². The van der Waals surface area contributed by atoms with Crippen molar-refractivity contribution in [1.82, 2.24) is 9.29 Å². The van der Waals surface area contributed by atoms with Crippen LogP contribution in [-0.4, -0.2) is 62.2 Å². The first-order chi connectivity index (χ1) is 15.9. The van der Waals surface area contributed by atoms with Crippen LogP contribution in [0.25, 0.3) is 10.9 Å². The first kappa shape index (κ1) is 22.1. The molecule has 1 N–H and O–H groups in total. The van der Waals surface area contributed by atoms with Gasteiger partial charge in [0.1, 0.15) is 0 Å². The van der Waals surface area contributed by atoms with Gasteiger partial charge >= 0.3 is 0 Å². The number of carbonyl (C=O) groups is 1. The number of carbonyl (C=O) groups excluding carboxylic acids is 1. The largest absolute Gasteiger partial charge is 0.379 e. The van der Waals surface area contributed by atoms with Crippen molar-refractivity contribution in [2.75, 3.05) is 43.5 Å². The van der Waals surface area contributed by atoms with Gasteiger partial charge in [-0.15, -0.1) is 11.8 Å². The Morgan fingerprint density at radius 2 is 1.82 bits per heavy atom. The Morgan fingerprint density at radius 1 is 1.03 bits per heavy atom. The molecule has 33 heavy (non-hydrogen) atoms. The molecule has 3 aromatic rings. The monoisotopic (exact) mass is 485 g/mol. The number of hydrogen-bond donors (Lipinski definition) is 1. The lowest BCUT2D eigenvalue weighted by Crippen LogP contribution is -2.40. The summed E-state index contributed by atoms with van der Waals surface area (Å²) >= 11 is 1.70. The van der Waals surface area contributed by atoms with Crippen LogP contribution in [-0.2, 0) is 14.8 Å². The molecule has 2 aromatic carbocycles. The van der Waals surface area contributed by atoms with E-state index in [1.807, 2.05) is 24.3 Å². The second kappa shape index (κ2) is 8.94. The van der Waals surface area contributed by atoms with E-state index in [0.29, 0.717) is 30.7 Å². The van der Waals surface area contributed by atoms with Crippen LogP contribution in [0.2, 0.25) is 0 Å². The number of morpholine rings is 1. The lowest BCUT2D eigenvalue weighted by Gasteiger charge is -2.26. The molecule has 2 aliphatic heterocycles. The topological polar surface area (TPSA) is 99.8 Å². The number of aromatic amines is 1. The third-order valence-electron chi connectivity index (χ3n) is 5.84. The Labute approximate surface area is 195 Å². The normalized spacial score (nSPS) is 17.5. The molecule has 3 heterocycles. The number of para-hydroxylation sites is 1. The summed E-state index contributed by atoms with van der Waals surface area (Å²) in [6.45, 7) is 1.76. The Balaban J connectivity index is 1.62. The summed E-state index contributed by atoms with van der Waals surface area (Å²) in [5.74, 6) is 0.570. The van der Waals surface area contributed by atoms with Crippen molar-refractivity contribution in [2.45, 2.75) is 16.2 Å². The molecule has 0 unspecified atom stereocenters. The highest BCUT2D eigenvalue weighted by molar-refractivity contribution is 7.99. The van der Waals surface area contributed by atoms with E-state index in [9.17, 15) is 18.0 Å². The van der Waals surface area contributed by atoms with E-state index >= 15 is 0 Å². The number of rotatable bonds is 3. The first-order valence-electron chi connectivity index (χ1n) is 10.7. The molecular formula is C23H23N3O5S2. The predicted octanol–water partition coefficient (Wildman–Crippen LogP) is 2.69. The molecule has 0 atom stereocenters. The second-order valence-corrected chi connectivity index (χ2v) is 11.0. The summed E-state index contributed by atoms with van der Waals surface area (Å²) in [6.07, 6.45) is 0.808. The summed E-state index contributed by atoms with van der Waals surface area (Å²) in [6, 6.07) is 13.5. The summed E-state index contributed by atoms with van der Waals surface area (Å²) < 4.78 is 33.0. The standard InChI is InChI=1S/C23H23N3O5S2/c27-22-15-18(23(28)26-8-3-13-32-21-5-2-1-4-20(21)26)17-14-16(6-7-19(17)24-22)33(29,30)25-9-11-31-12-10-25/h1-2,4-7,14-15H,3,8-13H2,(H,24,27). The van der Waals surface area contributed by atoms with Crippen molar-refractivity contribution in [2.24, 2.45) is 0 Å². The summed E-state index contributed by atoms with van der Waals surface area (Å²) in [4.78, 5) is 31.6. The van der Waals surface area contributed by atoms with Crippen LogP contribution in [0, 0.1) is 0 Å². The zero-order valence-corrected chi connectivity index (χ0v) is 19.5. The minimum Gasteiger partial charge on any atom is -0.379 e. The number of hydrogen-bond acceptors (Lipinski definition) is 6. The average Bonchev–Trinajstić information content (AvgIpc) is 3.06. The van der Waals surface area contributed by atoms with Gasteiger partial charge in [-0.25, -0.2) is 8.42 Å². The maximum Gasteiger partial charge on any atom is 0.259 e. The van der Waals surface area contributed by atoms with Gasteiger partial charge in [-0.2, -0.15) is 4.31 Å². The fraction of sp³-hybridized carbons (Fsp3) is 0.304. The SMILES string of the molecule is O=C(c1cc(=O)[nH]c2ccc(S(=O)(=O)N3CCOCC3)cc12)N1CCCSc2ccccc21. The van der Waals surface area contributed by atoms with Gasteiger partial charge in [0.25, 0.3) is 5.91 Å². The first-order valence-corrected chi connectivity index (χ1v) is 13.2. The molecule has 1 fully saturated rings. The van der Waals surface area contributed by atoms with E-state index in [4.69, 9.17) is 4.74 Å². The number of amides is 1. The number of pyridine rings is 1. The Kier molecular flexibility index (Phi) is 6.00. The molecule has 1 saturated heterocycles. The van der Waals surface area contributed by atoms with Gasteiger partial charge in [0, 0.05) is 41.5 Å². The van der Waals surface area contributed by atoms with E-state index in [1.165, 1.54) is 22.5 Å². The maximum absolute atomic E-state index is 13.7. The highest BCUT2D eigenvalue weighted by Gasteiger charge is 2.28. The number of sulfonamides is 1. The highest BCUT2D eigenvalue weighted by atomic mass is 32.2. The van der Waals surface area contributed by atoms with E-state index in [2.05, 4.69) is 4.98 Å². The van der Waals surface area contributed by atoms with Crippen molar-refractivity contribution in [3.8, 4) is 0 Å². The molecule has 1 aromatic heterocycles. The lowest BCUT2D eigenvalue weighted by molar-refractivity contribution is 0.0730.